The minimum atomic E-state index is -0.297. The van der Waals surface area contributed by atoms with Crippen LogP contribution in [0.1, 0.15) is 25.0 Å². The second-order valence-electron chi connectivity index (χ2n) is 25.6. The molecule has 0 atom stereocenters. The number of rotatable bonds is 7. The molecule has 0 spiro atoms. The van der Waals surface area contributed by atoms with Crippen LogP contribution >= 0.6 is 0 Å². The molecule has 0 saturated carbocycles. The van der Waals surface area contributed by atoms with Gasteiger partial charge in [-0.15, -0.1) is 0 Å². The molecule has 0 bridgehead atoms. The summed E-state index contributed by atoms with van der Waals surface area (Å²) < 4.78 is 9.44. The van der Waals surface area contributed by atoms with E-state index in [9.17, 15) is 0 Å². The number of nitrogens with zero attached hydrogens (tertiary/aromatic N) is 6. The highest BCUT2D eigenvalue weighted by Gasteiger charge is 2.39. The summed E-state index contributed by atoms with van der Waals surface area (Å²) in [6, 6.07) is 112. The number of aromatic nitrogens is 6. The summed E-state index contributed by atoms with van der Waals surface area (Å²) in [6.07, 6.45) is 0. The van der Waals surface area contributed by atoms with Crippen molar-refractivity contribution in [1.82, 2.24) is 28.2 Å². The van der Waals surface area contributed by atoms with Gasteiger partial charge in [0.1, 0.15) is 5.82 Å². The average Bonchev–Trinajstić information content (AvgIpc) is 1.57. The van der Waals surface area contributed by atoms with Gasteiger partial charge in [0.05, 0.1) is 49.8 Å². The molecule has 0 unspecified atom stereocenters. The van der Waals surface area contributed by atoms with Crippen molar-refractivity contribution in [2.45, 2.75) is 19.3 Å². The molecule has 0 amide bonds. The Morgan fingerprint density at radius 1 is 0.258 bits per heavy atom. The summed E-state index contributed by atoms with van der Waals surface area (Å²) in [5, 5.41) is 14.4. The van der Waals surface area contributed by atoms with E-state index in [-0.39, 0.29) is 5.41 Å². The van der Waals surface area contributed by atoms with Crippen LogP contribution in [0.2, 0.25) is 0 Å². The molecule has 6 nitrogen and oxygen atoms in total. The Kier molecular flexibility index (Phi) is 10.8. The summed E-state index contributed by atoms with van der Waals surface area (Å²) in [4.78, 5) is 11.7. The number of hydrogen-bond donors (Lipinski definition) is 0. The van der Waals surface area contributed by atoms with Gasteiger partial charge in [0, 0.05) is 71.5 Å². The Balaban J connectivity index is 0.810. The van der Waals surface area contributed by atoms with Gasteiger partial charge in [-0.2, -0.15) is 4.98 Å². The van der Waals surface area contributed by atoms with Crippen LogP contribution in [-0.4, -0.2) is 28.2 Å². The summed E-state index contributed by atoms with van der Waals surface area (Å²) in [6.45, 7) is 4.78. The fourth-order valence-corrected chi connectivity index (χ4v) is 16.1. The Bertz CT molecular complexity index is 6100. The van der Waals surface area contributed by atoms with Crippen LogP contribution in [0.3, 0.4) is 0 Å². The van der Waals surface area contributed by atoms with Crippen molar-refractivity contribution in [3.05, 3.63) is 314 Å². The van der Waals surface area contributed by atoms with Crippen LogP contribution in [0, 0.1) is 0 Å². The lowest BCUT2D eigenvalue weighted by Gasteiger charge is -2.23. The quantitative estimate of drug-likeness (QED) is 0.160. The van der Waals surface area contributed by atoms with Gasteiger partial charge in [0.2, 0.25) is 5.95 Å². The zero-order chi connectivity index (χ0) is 61.2. The zero-order valence-electron chi connectivity index (χ0n) is 51.1. The Labute approximate surface area is 535 Å². The molecule has 434 valence electrons. The van der Waals surface area contributed by atoms with Gasteiger partial charge in [-0.25, -0.2) is 4.98 Å². The summed E-state index contributed by atoms with van der Waals surface area (Å²) >= 11 is 0. The van der Waals surface area contributed by atoms with E-state index in [1.807, 2.05) is 0 Å². The molecule has 0 fully saturated rings. The first-order chi connectivity index (χ1) is 45.9. The molecule has 5 aromatic heterocycles. The molecule has 93 heavy (non-hydrogen) atoms. The predicted molar refractivity (Wildman–Crippen MR) is 388 cm³/mol. The average molecular weight is 1190 g/mol. The van der Waals surface area contributed by atoms with Crippen LogP contribution in [-0.2, 0) is 5.41 Å². The summed E-state index contributed by atoms with van der Waals surface area (Å²) in [5.41, 5.74) is 22.7. The van der Waals surface area contributed by atoms with Crippen LogP contribution < -0.4 is 0 Å². The number of benzene rings is 14. The van der Waals surface area contributed by atoms with Crippen molar-refractivity contribution in [3.63, 3.8) is 0 Å². The smallest absolute Gasteiger partial charge is 0.237 e. The first kappa shape index (κ1) is 51.7. The lowest BCUT2D eigenvalue weighted by atomic mass is 9.80. The van der Waals surface area contributed by atoms with Gasteiger partial charge in [0.15, 0.2) is 0 Å². The molecular weight excluding hydrogens is 1130 g/mol. The Morgan fingerprint density at radius 3 is 1.14 bits per heavy atom. The van der Waals surface area contributed by atoms with E-state index in [4.69, 9.17) is 9.97 Å². The Hall–Kier alpha value is -12.1. The van der Waals surface area contributed by atoms with Crippen molar-refractivity contribution in [2.24, 2.45) is 0 Å². The second-order valence-corrected chi connectivity index (χ2v) is 25.6. The molecule has 0 saturated heterocycles. The maximum Gasteiger partial charge on any atom is 0.237 e. The van der Waals surface area contributed by atoms with Crippen molar-refractivity contribution >= 4 is 109 Å². The van der Waals surface area contributed by atoms with Crippen molar-refractivity contribution in [1.29, 1.82) is 0 Å². The van der Waals surface area contributed by atoms with Gasteiger partial charge >= 0.3 is 0 Å². The van der Waals surface area contributed by atoms with Crippen LogP contribution in [0.4, 0.5) is 0 Å². The lowest BCUT2D eigenvalue weighted by Crippen LogP contribution is -2.15. The van der Waals surface area contributed by atoms with Crippen LogP contribution in [0.15, 0.2) is 303 Å². The normalized spacial score (nSPS) is 12.9. The molecule has 6 heteroatoms. The van der Waals surface area contributed by atoms with E-state index >= 15 is 0 Å². The SMILES string of the molecule is CC1(C)c2ccc3ccccc3c2-c2c1cc(-c1cc(-n3c4ccccc4c4cc(-c5ccc6c(c5)c5ccccc5n6-c5ccccc5)ccc43)nc(-n3c4ccccc4c4cc(-c5ccc6c(c5)c5ccccc5n6-c5ccccc5)ccc43)n1)c1ccccc21. The maximum absolute atomic E-state index is 5.87. The fraction of sp³-hybridized carbons (Fsp3) is 0.0345. The third-order valence-corrected chi connectivity index (χ3v) is 20.4. The first-order valence-electron chi connectivity index (χ1n) is 32.1. The van der Waals surface area contributed by atoms with Gasteiger partial charge in [0.25, 0.3) is 0 Å². The molecule has 0 aliphatic heterocycles. The standard InChI is InChI=1S/C87H56N6/c1-87(2)72-42-37-53-21-9-10-26-60(53)84(72)85-66-32-12-11-27-61(66)67(51-73(85)87)74-52-83(92-77-35-19-15-30-64(77)70-49-56(40-45-81(70)92)54-38-43-79-68(47-54)62-28-13-17-33-75(62)90(79)58-22-5-3-6-23-58)89-86(88-74)93-78-36-20-16-31-65(78)71-50-57(41-46-82(71)93)55-39-44-80-69(48-55)63-29-14-18-34-76(63)91(80)59-24-7-4-8-25-59/h3-52H,1-2H3. The van der Waals surface area contributed by atoms with Crippen molar-refractivity contribution in [2.75, 3.05) is 0 Å². The summed E-state index contributed by atoms with van der Waals surface area (Å²) in [7, 11) is 0. The highest BCUT2D eigenvalue weighted by atomic mass is 15.2. The third kappa shape index (κ3) is 7.46. The monoisotopic (exact) mass is 1180 g/mol. The highest BCUT2D eigenvalue weighted by Crippen LogP contribution is 2.55. The largest absolute Gasteiger partial charge is 0.309 e. The van der Waals surface area contributed by atoms with Gasteiger partial charge in [-0.3, -0.25) is 9.13 Å². The van der Waals surface area contributed by atoms with Gasteiger partial charge < -0.3 is 9.13 Å². The van der Waals surface area contributed by atoms with E-state index in [1.165, 1.54) is 82.0 Å². The second kappa shape index (κ2) is 19.4. The van der Waals surface area contributed by atoms with Crippen molar-refractivity contribution < 1.29 is 0 Å². The minimum Gasteiger partial charge on any atom is -0.309 e. The van der Waals surface area contributed by atoms with Crippen LogP contribution in [0.5, 0.6) is 0 Å². The highest BCUT2D eigenvalue weighted by molar-refractivity contribution is 6.17. The molecule has 1 aliphatic rings. The molecule has 14 aromatic carbocycles. The van der Waals surface area contributed by atoms with E-state index in [0.717, 1.165) is 99.7 Å². The van der Waals surface area contributed by atoms with E-state index in [0.29, 0.717) is 5.95 Å². The van der Waals surface area contributed by atoms with Gasteiger partial charge in [-0.1, -0.05) is 208 Å². The van der Waals surface area contributed by atoms with E-state index in [2.05, 4.69) is 335 Å². The number of hydrogen-bond acceptors (Lipinski definition) is 2. The fourth-order valence-electron chi connectivity index (χ4n) is 16.1. The molecular formula is C87H56N6. The molecule has 0 radical (unpaired) electrons. The molecule has 1 aliphatic carbocycles. The number of para-hydroxylation sites is 6. The minimum absolute atomic E-state index is 0.297. The molecule has 19 aromatic rings. The van der Waals surface area contributed by atoms with Gasteiger partial charge in [-0.05, 0) is 169 Å². The third-order valence-electron chi connectivity index (χ3n) is 20.4. The van der Waals surface area contributed by atoms with E-state index in [1.54, 1.807) is 0 Å². The zero-order valence-corrected chi connectivity index (χ0v) is 51.1. The molecule has 20 rings (SSSR count). The summed E-state index contributed by atoms with van der Waals surface area (Å²) in [5.74, 6) is 1.38. The Morgan fingerprint density at radius 2 is 0.634 bits per heavy atom. The lowest BCUT2D eigenvalue weighted by molar-refractivity contribution is 0.661. The van der Waals surface area contributed by atoms with Crippen molar-refractivity contribution in [3.8, 4) is 67.8 Å². The number of fused-ring (bicyclic) bond motifs is 19. The predicted octanol–water partition coefficient (Wildman–Crippen LogP) is 22.5. The van der Waals surface area contributed by atoms with Crippen LogP contribution in [0.25, 0.3) is 177 Å². The van der Waals surface area contributed by atoms with E-state index < -0.39 is 0 Å². The first-order valence-corrected chi connectivity index (χ1v) is 32.1. The molecule has 0 N–H and O–H groups in total. The molecule has 5 heterocycles. The maximum atomic E-state index is 5.87. The topological polar surface area (TPSA) is 45.5 Å².